The van der Waals surface area contributed by atoms with Gasteiger partial charge in [-0.1, -0.05) is 0 Å². The number of fused-ring (bicyclic) bond motifs is 1. The standard InChI is InChI=1S/C17H17N3OS2/c21-17(19-15-1-2-16-14(9-15)10-18-23-16)20-6-3-12(4-7-20)13-5-8-22-11-13/h1-2,5,8-12H,3-4,6-7H2,(H,19,21). The average molecular weight is 343 g/mol. The second-order valence-electron chi connectivity index (χ2n) is 5.83. The number of nitrogens with zero attached hydrogens (tertiary/aromatic N) is 2. The summed E-state index contributed by atoms with van der Waals surface area (Å²) in [5.41, 5.74) is 2.26. The van der Waals surface area contributed by atoms with E-state index in [0.717, 1.165) is 41.7 Å². The number of aromatic nitrogens is 1. The molecule has 0 radical (unpaired) electrons. The summed E-state index contributed by atoms with van der Waals surface area (Å²) in [5, 5.41) is 8.44. The molecule has 4 nitrogen and oxygen atoms in total. The lowest BCUT2D eigenvalue weighted by Crippen LogP contribution is -2.40. The summed E-state index contributed by atoms with van der Waals surface area (Å²) < 4.78 is 5.30. The van der Waals surface area contributed by atoms with Gasteiger partial charge < -0.3 is 10.2 Å². The predicted octanol–water partition coefficient (Wildman–Crippen LogP) is 4.77. The normalized spacial score (nSPS) is 15.9. The molecule has 0 unspecified atom stereocenters. The van der Waals surface area contributed by atoms with Crippen molar-refractivity contribution < 1.29 is 4.79 Å². The highest BCUT2D eigenvalue weighted by Gasteiger charge is 2.24. The summed E-state index contributed by atoms with van der Waals surface area (Å²) in [6, 6.07) is 8.13. The van der Waals surface area contributed by atoms with E-state index in [1.54, 1.807) is 11.3 Å². The molecule has 118 valence electrons. The molecule has 3 heterocycles. The minimum Gasteiger partial charge on any atom is -0.324 e. The molecule has 3 aromatic rings. The van der Waals surface area contributed by atoms with E-state index < -0.39 is 0 Å². The van der Waals surface area contributed by atoms with Crippen molar-refractivity contribution in [2.75, 3.05) is 18.4 Å². The Morgan fingerprint density at radius 2 is 2.13 bits per heavy atom. The Bertz CT molecular complexity index is 804. The van der Waals surface area contributed by atoms with E-state index in [4.69, 9.17) is 0 Å². The van der Waals surface area contributed by atoms with Crippen LogP contribution in [0.1, 0.15) is 24.3 Å². The van der Waals surface area contributed by atoms with Gasteiger partial charge in [-0.05, 0) is 70.9 Å². The lowest BCUT2D eigenvalue weighted by Gasteiger charge is -2.31. The first kappa shape index (κ1) is 14.7. The van der Waals surface area contributed by atoms with E-state index in [1.165, 1.54) is 17.1 Å². The SMILES string of the molecule is O=C(Nc1ccc2sncc2c1)N1CCC(c2ccsc2)CC1. The van der Waals surface area contributed by atoms with E-state index in [-0.39, 0.29) is 6.03 Å². The fourth-order valence-corrected chi connectivity index (χ4v) is 4.44. The van der Waals surface area contributed by atoms with Crippen molar-refractivity contribution in [3.8, 4) is 0 Å². The highest BCUT2D eigenvalue weighted by Crippen LogP contribution is 2.29. The van der Waals surface area contributed by atoms with E-state index in [0.29, 0.717) is 5.92 Å². The number of rotatable bonds is 2. The van der Waals surface area contributed by atoms with Gasteiger partial charge in [-0.2, -0.15) is 15.7 Å². The van der Waals surface area contributed by atoms with Gasteiger partial charge in [0.1, 0.15) is 0 Å². The van der Waals surface area contributed by atoms with Crippen LogP contribution in [0.2, 0.25) is 0 Å². The zero-order chi connectivity index (χ0) is 15.6. The minimum absolute atomic E-state index is 0.00342. The van der Waals surface area contributed by atoms with Crippen molar-refractivity contribution in [3.05, 3.63) is 46.8 Å². The van der Waals surface area contributed by atoms with Crippen LogP contribution in [-0.4, -0.2) is 28.4 Å². The first-order valence-corrected chi connectivity index (χ1v) is 9.44. The third-order valence-electron chi connectivity index (χ3n) is 4.40. The van der Waals surface area contributed by atoms with Crippen molar-refractivity contribution in [1.82, 2.24) is 9.27 Å². The number of likely N-dealkylation sites (tertiary alicyclic amines) is 1. The van der Waals surface area contributed by atoms with Crippen molar-refractivity contribution in [1.29, 1.82) is 0 Å². The monoisotopic (exact) mass is 343 g/mol. The molecular formula is C17H17N3OS2. The molecule has 23 heavy (non-hydrogen) atoms. The van der Waals surface area contributed by atoms with Gasteiger partial charge in [0.05, 0.1) is 4.70 Å². The smallest absolute Gasteiger partial charge is 0.321 e. The lowest BCUT2D eigenvalue weighted by atomic mass is 9.91. The van der Waals surface area contributed by atoms with Crippen LogP contribution in [0, 0.1) is 0 Å². The van der Waals surface area contributed by atoms with Crippen molar-refractivity contribution in [3.63, 3.8) is 0 Å². The Labute approximate surface area is 142 Å². The van der Waals surface area contributed by atoms with Gasteiger partial charge in [0.2, 0.25) is 0 Å². The number of carbonyl (C=O) groups excluding carboxylic acids is 1. The molecule has 4 rings (SSSR count). The summed E-state index contributed by atoms with van der Waals surface area (Å²) in [4.78, 5) is 14.4. The molecule has 0 saturated carbocycles. The van der Waals surface area contributed by atoms with E-state index in [2.05, 4.69) is 26.5 Å². The summed E-state index contributed by atoms with van der Waals surface area (Å²) in [7, 11) is 0. The van der Waals surface area contributed by atoms with Crippen LogP contribution in [0.25, 0.3) is 10.1 Å². The number of urea groups is 1. The van der Waals surface area contributed by atoms with E-state index >= 15 is 0 Å². The van der Waals surface area contributed by atoms with Crippen LogP contribution in [0.4, 0.5) is 10.5 Å². The molecule has 0 spiro atoms. The second kappa shape index (κ2) is 6.29. The van der Waals surface area contributed by atoms with Crippen molar-refractivity contribution in [2.45, 2.75) is 18.8 Å². The molecular weight excluding hydrogens is 326 g/mol. The number of thiophene rings is 1. The molecule has 1 fully saturated rings. The Kier molecular flexibility index (Phi) is 4.01. The molecule has 1 aliphatic heterocycles. The number of hydrogen-bond acceptors (Lipinski definition) is 4. The Morgan fingerprint density at radius 3 is 2.91 bits per heavy atom. The first-order chi connectivity index (χ1) is 11.3. The first-order valence-electron chi connectivity index (χ1n) is 7.72. The molecule has 6 heteroatoms. The van der Waals surface area contributed by atoms with Crippen molar-refractivity contribution >= 4 is 44.7 Å². The van der Waals surface area contributed by atoms with Gasteiger partial charge in [-0.3, -0.25) is 0 Å². The summed E-state index contributed by atoms with van der Waals surface area (Å²) >= 11 is 3.22. The van der Waals surface area contributed by atoms with Gasteiger partial charge in [0.15, 0.2) is 0 Å². The van der Waals surface area contributed by atoms with Crippen LogP contribution in [0.15, 0.2) is 41.2 Å². The van der Waals surface area contributed by atoms with Crippen LogP contribution >= 0.6 is 22.9 Å². The van der Waals surface area contributed by atoms with Gasteiger partial charge in [0.25, 0.3) is 0 Å². The van der Waals surface area contributed by atoms with Gasteiger partial charge in [0, 0.05) is 30.4 Å². The zero-order valence-electron chi connectivity index (χ0n) is 12.6. The van der Waals surface area contributed by atoms with E-state index in [9.17, 15) is 4.79 Å². The fourth-order valence-electron chi connectivity index (χ4n) is 3.08. The summed E-state index contributed by atoms with van der Waals surface area (Å²) in [5.74, 6) is 0.596. The number of piperidine rings is 1. The van der Waals surface area contributed by atoms with Crippen LogP contribution < -0.4 is 5.32 Å². The molecule has 2 amide bonds. The molecule has 1 aromatic carbocycles. The number of anilines is 1. The zero-order valence-corrected chi connectivity index (χ0v) is 14.2. The summed E-state index contributed by atoms with van der Waals surface area (Å²) in [6.07, 6.45) is 3.91. The van der Waals surface area contributed by atoms with Crippen LogP contribution in [0.3, 0.4) is 0 Å². The number of benzene rings is 1. The number of nitrogens with one attached hydrogen (secondary N) is 1. The van der Waals surface area contributed by atoms with Gasteiger partial charge >= 0.3 is 6.03 Å². The molecule has 0 aliphatic carbocycles. The molecule has 1 N–H and O–H groups in total. The Morgan fingerprint density at radius 1 is 1.26 bits per heavy atom. The minimum atomic E-state index is -0.00342. The quantitative estimate of drug-likeness (QED) is 0.728. The summed E-state index contributed by atoms with van der Waals surface area (Å²) in [6.45, 7) is 1.63. The Balaban J connectivity index is 1.38. The van der Waals surface area contributed by atoms with Crippen LogP contribution in [-0.2, 0) is 0 Å². The van der Waals surface area contributed by atoms with Gasteiger partial charge in [-0.25, -0.2) is 4.79 Å². The molecule has 0 bridgehead atoms. The Hall–Kier alpha value is -1.92. The third kappa shape index (κ3) is 3.09. The maximum Gasteiger partial charge on any atom is 0.321 e. The maximum absolute atomic E-state index is 12.4. The number of amides is 2. The molecule has 1 aliphatic rings. The third-order valence-corrected chi connectivity index (χ3v) is 5.88. The van der Waals surface area contributed by atoms with E-state index in [1.807, 2.05) is 29.3 Å². The fraction of sp³-hybridized carbons (Fsp3) is 0.294. The molecule has 1 saturated heterocycles. The largest absolute Gasteiger partial charge is 0.324 e. The topological polar surface area (TPSA) is 45.2 Å². The van der Waals surface area contributed by atoms with Crippen LogP contribution in [0.5, 0.6) is 0 Å². The van der Waals surface area contributed by atoms with Crippen molar-refractivity contribution in [2.24, 2.45) is 0 Å². The predicted molar refractivity (Wildman–Crippen MR) is 96.5 cm³/mol. The maximum atomic E-state index is 12.4. The number of carbonyl (C=O) groups is 1. The molecule has 2 aromatic heterocycles. The highest BCUT2D eigenvalue weighted by molar-refractivity contribution is 7.13. The number of hydrogen-bond donors (Lipinski definition) is 1. The second-order valence-corrected chi connectivity index (χ2v) is 7.44. The highest BCUT2D eigenvalue weighted by atomic mass is 32.1. The molecule has 0 atom stereocenters. The van der Waals surface area contributed by atoms with Gasteiger partial charge in [-0.15, -0.1) is 0 Å². The lowest BCUT2D eigenvalue weighted by molar-refractivity contribution is 0.194. The average Bonchev–Trinajstić information content (AvgIpc) is 3.26.